The van der Waals surface area contributed by atoms with E-state index in [4.69, 9.17) is 11.6 Å². The van der Waals surface area contributed by atoms with E-state index in [1.54, 1.807) is 12.4 Å². The van der Waals surface area contributed by atoms with Crippen LogP contribution in [0.25, 0.3) is 0 Å². The molecule has 7 heteroatoms. The van der Waals surface area contributed by atoms with Gasteiger partial charge in [-0.2, -0.15) is 10.1 Å². The Bertz CT molecular complexity index is 668. The van der Waals surface area contributed by atoms with Crippen LogP contribution in [-0.4, -0.2) is 29.3 Å². The molecule has 1 fully saturated rings. The first kappa shape index (κ1) is 15.2. The maximum Gasteiger partial charge on any atom is 0.227 e. The Morgan fingerprint density at radius 3 is 2.68 bits per heavy atom. The van der Waals surface area contributed by atoms with Crippen LogP contribution in [0.5, 0.6) is 0 Å². The lowest BCUT2D eigenvalue weighted by atomic mass is 10.2. The van der Waals surface area contributed by atoms with E-state index in [0.717, 1.165) is 29.1 Å². The Hall–Kier alpha value is -1.66. The van der Waals surface area contributed by atoms with Crippen LogP contribution in [0, 0.1) is 0 Å². The molecule has 0 aliphatic carbocycles. The summed E-state index contributed by atoms with van der Waals surface area (Å²) in [6.07, 6.45) is 5.86. The minimum Gasteiger partial charge on any atom is -0.341 e. The lowest BCUT2D eigenvalue weighted by Gasteiger charge is -2.15. The molecule has 5 nitrogen and oxygen atoms in total. The van der Waals surface area contributed by atoms with Crippen molar-refractivity contribution in [3.05, 3.63) is 45.5 Å². The van der Waals surface area contributed by atoms with Gasteiger partial charge < -0.3 is 4.90 Å². The molecular formula is C15H15BrClN5. The molecule has 22 heavy (non-hydrogen) atoms. The Morgan fingerprint density at radius 2 is 1.95 bits per heavy atom. The fourth-order valence-corrected chi connectivity index (χ4v) is 2.63. The average molecular weight is 381 g/mol. The molecule has 0 radical (unpaired) electrons. The summed E-state index contributed by atoms with van der Waals surface area (Å²) >= 11 is 9.29. The molecule has 1 aromatic heterocycles. The van der Waals surface area contributed by atoms with Crippen molar-refractivity contribution in [3.8, 4) is 0 Å². The van der Waals surface area contributed by atoms with Crippen LogP contribution in [0.4, 0.5) is 11.8 Å². The van der Waals surface area contributed by atoms with Crippen molar-refractivity contribution >= 4 is 45.5 Å². The van der Waals surface area contributed by atoms with Crippen molar-refractivity contribution in [1.82, 2.24) is 9.97 Å². The first-order valence-electron chi connectivity index (χ1n) is 7.04. The van der Waals surface area contributed by atoms with Gasteiger partial charge in [-0.25, -0.2) is 4.98 Å². The highest BCUT2D eigenvalue weighted by atomic mass is 79.9. The van der Waals surface area contributed by atoms with Gasteiger partial charge in [0, 0.05) is 24.3 Å². The van der Waals surface area contributed by atoms with Crippen LogP contribution in [0.1, 0.15) is 18.4 Å². The molecule has 0 atom stereocenters. The average Bonchev–Trinajstić information content (AvgIpc) is 3.05. The molecule has 0 unspecified atom stereocenters. The highest BCUT2D eigenvalue weighted by Gasteiger charge is 2.16. The van der Waals surface area contributed by atoms with E-state index in [-0.39, 0.29) is 0 Å². The van der Waals surface area contributed by atoms with Crippen LogP contribution in [0.15, 0.2) is 40.0 Å². The summed E-state index contributed by atoms with van der Waals surface area (Å²) in [6, 6.07) is 7.46. The molecule has 0 bridgehead atoms. The third kappa shape index (κ3) is 3.75. The predicted octanol–water partition coefficient (Wildman–Crippen LogP) is 3.94. The van der Waals surface area contributed by atoms with Crippen molar-refractivity contribution in [2.45, 2.75) is 12.8 Å². The third-order valence-electron chi connectivity index (χ3n) is 3.37. The zero-order chi connectivity index (χ0) is 15.4. The lowest BCUT2D eigenvalue weighted by molar-refractivity contribution is 0.896. The second kappa shape index (κ2) is 7.07. The van der Waals surface area contributed by atoms with E-state index < -0.39 is 0 Å². The summed E-state index contributed by atoms with van der Waals surface area (Å²) in [4.78, 5) is 11.1. The van der Waals surface area contributed by atoms with Gasteiger partial charge >= 0.3 is 0 Å². The Kier molecular flexibility index (Phi) is 4.90. The molecule has 0 spiro atoms. The molecule has 2 heterocycles. The Balaban J connectivity index is 1.71. The van der Waals surface area contributed by atoms with Gasteiger partial charge in [-0.1, -0.05) is 23.7 Å². The maximum atomic E-state index is 5.85. The molecule has 1 aromatic carbocycles. The minimum absolute atomic E-state index is 0.655. The Morgan fingerprint density at radius 1 is 1.23 bits per heavy atom. The zero-order valence-electron chi connectivity index (χ0n) is 11.8. The summed E-state index contributed by atoms with van der Waals surface area (Å²) < 4.78 is 0.781. The van der Waals surface area contributed by atoms with E-state index in [1.807, 2.05) is 24.3 Å². The monoisotopic (exact) mass is 379 g/mol. The first-order valence-corrected chi connectivity index (χ1v) is 8.21. The SMILES string of the molecule is Clc1ccc(/C=N\Nc2nc(N3CCCC3)ncc2Br)cc1. The second-order valence-electron chi connectivity index (χ2n) is 4.98. The van der Waals surface area contributed by atoms with E-state index in [0.29, 0.717) is 10.8 Å². The highest BCUT2D eigenvalue weighted by Crippen LogP contribution is 2.23. The van der Waals surface area contributed by atoms with Crippen LogP contribution in [0.3, 0.4) is 0 Å². The lowest BCUT2D eigenvalue weighted by Crippen LogP contribution is -2.20. The van der Waals surface area contributed by atoms with Gasteiger partial charge in [-0.3, -0.25) is 5.43 Å². The third-order valence-corrected chi connectivity index (χ3v) is 4.21. The van der Waals surface area contributed by atoms with E-state index in [1.165, 1.54) is 12.8 Å². The standard InChI is InChI=1S/C15H15BrClN5/c16-13-10-18-15(22-7-1-2-8-22)20-14(13)21-19-9-11-3-5-12(17)6-4-11/h3-6,9-10H,1-2,7-8H2,(H,18,20,21)/b19-9-. The molecule has 1 aliphatic heterocycles. The van der Waals surface area contributed by atoms with E-state index >= 15 is 0 Å². The van der Waals surface area contributed by atoms with Gasteiger partial charge in [-0.05, 0) is 46.5 Å². The number of nitrogens with zero attached hydrogens (tertiary/aromatic N) is 4. The van der Waals surface area contributed by atoms with E-state index in [9.17, 15) is 0 Å². The second-order valence-corrected chi connectivity index (χ2v) is 6.27. The zero-order valence-corrected chi connectivity index (χ0v) is 14.2. The summed E-state index contributed by atoms with van der Waals surface area (Å²) in [5, 5.41) is 4.92. The highest BCUT2D eigenvalue weighted by molar-refractivity contribution is 9.10. The van der Waals surface area contributed by atoms with Crippen molar-refractivity contribution in [2.24, 2.45) is 5.10 Å². The van der Waals surface area contributed by atoms with Crippen molar-refractivity contribution < 1.29 is 0 Å². The molecule has 0 amide bonds. The number of aromatic nitrogens is 2. The van der Waals surface area contributed by atoms with Gasteiger partial charge in [0.1, 0.15) is 0 Å². The number of hydrogen-bond acceptors (Lipinski definition) is 5. The van der Waals surface area contributed by atoms with Crippen LogP contribution in [-0.2, 0) is 0 Å². The van der Waals surface area contributed by atoms with Gasteiger partial charge in [0.15, 0.2) is 5.82 Å². The van der Waals surface area contributed by atoms with Gasteiger partial charge in [0.05, 0.1) is 10.7 Å². The summed E-state index contributed by atoms with van der Waals surface area (Å²) in [7, 11) is 0. The fourth-order valence-electron chi connectivity index (χ4n) is 2.22. The van der Waals surface area contributed by atoms with Gasteiger partial charge in [-0.15, -0.1) is 0 Å². The van der Waals surface area contributed by atoms with Gasteiger partial charge in [0.2, 0.25) is 5.95 Å². The number of hydrogen-bond donors (Lipinski definition) is 1. The van der Waals surface area contributed by atoms with Crippen LogP contribution >= 0.6 is 27.5 Å². The normalized spacial score (nSPS) is 14.7. The summed E-state index contributed by atoms with van der Waals surface area (Å²) in [5.41, 5.74) is 3.91. The molecular weight excluding hydrogens is 366 g/mol. The largest absolute Gasteiger partial charge is 0.341 e. The number of halogens is 2. The number of benzene rings is 1. The van der Waals surface area contributed by atoms with Crippen LogP contribution < -0.4 is 10.3 Å². The maximum absolute atomic E-state index is 5.85. The number of rotatable bonds is 4. The molecule has 0 saturated carbocycles. The first-order chi connectivity index (χ1) is 10.7. The van der Waals surface area contributed by atoms with Crippen molar-refractivity contribution in [2.75, 3.05) is 23.4 Å². The van der Waals surface area contributed by atoms with E-state index in [2.05, 4.69) is 41.3 Å². The topological polar surface area (TPSA) is 53.4 Å². The molecule has 1 saturated heterocycles. The van der Waals surface area contributed by atoms with Crippen LogP contribution in [0.2, 0.25) is 5.02 Å². The quantitative estimate of drug-likeness (QED) is 0.645. The predicted molar refractivity (Wildman–Crippen MR) is 93.8 cm³/mol. The molecule has 1 N–H and O–H groups in total. The summed E-state index contributed by atoms with van der Waals surface area (Å²) in [6.45, 7) is 2.02. The van der Waals surface area contributed by atoms with Crippen molar-refractivity contribution in [3.63, 3.8) is 0 Å². The van der Waals surface area contributed by atoms with Crippen molar-refractivity contribution in [1.29, 1.82) is 0 Å². The molecule has 3 rings (SSSR count). The Labute approximate surface area is 142 Å². The van der Waals surface area contributed by atoms with Gasteiger partial charge in [0.25, 0.3) is 0 Å². The molecule has 114 valence electrons. The fraction of sp³-hybridized carbons (Fsp3) is 0.267. The number of nitrogens with one attached hydrogen (secondary N) is 1. The number of anilines is 2. The molecule has 1 aliphatic rings. The molecule has 2 aromatic rings. The smallest absolute Gasteiger partial charge is 0.227 e. The number of hydrazone groups is 1. The minimum atomic E-state index is 0.655. The summed E-state index contributed by atoms with van der Waals surface area (Å²) in [5.74, 6) is 1.40.